The average molecular weight is 301 g/mol. The molecule has 0 bridgehead atoms. The number of hydrogen-bond acceptors (Lipinski definition) is 2. The highest BCUT2D eigenvalue weighted by Crippen LogP contribution is 2.35. The van der Waals surface area contributed by atoms with Gasteiger partial charge in [-0.05, 0) is 48.9 Å². The monoisotopic (exact) mass is 300 g/mol. The van der Waals surface area contributed by atoms with E-state index >= 15 is 0 Å². The Hall–Kier alpha value is -1.88. The smallest absolute Gasteiger partial charge is 0.399 e. The van der Waals surface area contributed by atoms with Crippen LogP contribution in [0.25, 0.3) is 0 Å². The Kier molecular flexibility index (Phi) is 3.81. The van der Waals surface area contributed by atoms with Crippen LogP contribution in [0.15, 0.2) is 36.4 Å². The van der Waals surface area contributed by atoms with E-state index in [0.717, 1.165) is 17.7 Å². The Morgan fingerprint density at radius 1 is 1.10 bits per heavy atom. The average Bonchev–Trinajstić information content (AvgIpc) is 2.35. The predicted octanol–water partition coefficient (Wildman–Crippen LogP) is 4.99. The van der Waals surface area contributed by atoms with E-state index in [9.17, 15) is 13.2 Å². The van der Waals surface area contributed by atoms with Crippen molar-refractivity contribution >= 4 is 28.7 Å². The Morgan fingerprint density at radius 3 is 2.40 bits per heavy atom. The fraction of sp³-hybridized carbons (Fsp3) is 0.143. The maximum atomic E-state index is 12.7. The molecule has 0 heterocycles. The Morgan fingerprint density at radius 2 is 1.80 bits per heavy atom. The number of halogens is 4. The van der Waals surface area contributed by atoms with E-state index in [1.807, 2.05) is 6.92 Å². The van der Waals surface area contributed by atoms with E-state index in [0.29, 0.717) is 11.4 Å². The molecule has 0 atom stereocenters. The molecule has 0 unspecified atom stereocenters. The molecule has 0 fully saturated rings. The lowest BCUT2D eigenvalue weighted by Gasteiger charge is -2.13. The first-order chi connectivity index (χ1) is 9.27. The van der Waals surface area contributed by atoms with Crippen molar-refractivity contribution < 1.29 is 13.2 Å². The van der Waals surface area contributed by atoms with Gasteiger partial charge in [0.05, 0.1) is 16.3 Å². The summed E-state index contributed by atoms with van der Waals surface area (Å²) >= 11 is 5.91. The minimum Gasteiger partial charge on any atom is -0.399 e. The highest BCUT2D eigenvalue weighted by molar-refractivity contribution is 6.33. The Balaban J connectivity index is 2.35. The number of rotatable bonds is 2. The molecule has 2 nitrogen and oxygen atoms in total. The number of nitrogens with one attached hydrogen (secondary N) is 1. The van der Waals surface area contributed by atoms with E-state index in [4.69, 9.17) is 17.3 Å². The molecule has 106 valence electrons. The number of anilines is 3. The maximum absolute atomic E-state index is 12.7. The molecule has 0 aromatic heterocycles. The normalized spacial score (nSPS) is 11.4. The SMILES string of the molecule is Cc1cc(Nc2cc(C(F)(F)F)ccc2Cl)ccc1N. The third-order valence-electron chi connectivity index (χ3n) is 2.84. The highest BCUT2D eigenvalue weighted by Gasteiger charge is 2.30. The van der Waals surface area contributed by atoms with Gasteiger partial charge < -0.3 is 11.1 Å². The predicted molar refractivity (Wildman–Crippen MR) is 75.3 cm³/mol. The van der Waals surface area contributed by atoms with Crippen molar-refractivity contribution in [3.8, 4) is 0 Å². The molecule has 0 saturated carbocycles. The van der Waals surface area contributed by atoms with Crippen molar-refractivity contribution in [2.24, 2.45) is 0 Å². The fourth-order valence-electron chi connectivity index (χ4n) is 1.71. The zero-order valence-corrected chi connectivity index (χ0v) is 11.3. The van der Waals surface area contributed by atoms with Crippen LogP contribution in [0, 0.1) is 6.92 Å². The van der Waals surface area contributed by atoms with Gasteiger partial charge in [-0.25, -0.2) is 0 Å². The van der Waals surface area contributed by atoms with Crippen LogP contribution in [0.4, 0.5) is 30.2 Å². The van der Waals surface area contributed by atoms with Gasteiger partial charge in [0.25, 0.3) is 0 Å². The van der Waals surface area contributed by atoms with Gasteiger partial charge in [0.1, 0.15) is 0 Å². The molecular weight excluding hydrogens is 289 g/mol. The van der Waals surface area contributed by atoms with Gasteiger partial charge in [-0.1, -0.05) is 11.6 Å². The molecule has 0 saturated heterocycles. The van der Waals surface area contributed by atoms with Gasteiger partial charge >= 0.3 is 6.18 Å². The summed E-state index contributed by atoms with van der Waals surface area (Å²) in [6.07, 6.45) is -4.40. The number of aryl methyl sites for hydroxylation is 1. The molecule has 3 N–H and O–H groups in total. The molecule has 0 aliphatic carbocycles. The number of nitrogens with two attached hydrogens (primary N) is 1. The van der Waals surface area contributed by atoms with E-state index in [1.165, 1.54) is 6.07 Å². The molecule has 0 spiro atoms. The van der Waals surface area contributed by atoms with Crippen LogP contribution in [0.5, 0.6) is 0 Å². The van der Waals surface area contributed by atoms with Gasteiger partial charge in [-0.3, -0.25) is 0 Å². The van der Waals surface area contributed by atoms with Gasteiger partial charge in [0, 0.05) is 11.4 Å². The standard InChI is InChI=1S/C14H12ClF3N2/c1-8-6-10(3-5-12(8)19)20-13-7-9(14(16,17)18)2-4-11(13)15/h2-7,20H,19H2,1H3. The van der Waals surface area contributed by atoms with Crippen molar-refractivity contribution in [2.75, 3.05) is 11.1 Å². The highest BCUT2D eigenvalue weighted by atomic mass is 35.5. The summed E-state index contributed by atoms with van der Waals surface area (Å²) in [5, 5.41) is 3.08. The van der Waals surface area contributed by atoms with Crippen LogP contribution in [0.1, 0.15) is 11.1 Å². The second-order valence-electron chi connectivity index (χ2n) is 4.39. The summed E-state index contributed by atoms with van der Waals surface area (Å²) in [4.78, 5) is 0. The van der Waals surface area contributed by atoms with Crippen molar-refractivity contribution in [1.29, 1.82) is 0 Å². The quantitative estimate of drug-likeness (QED) is 0.767. The number of hydrogen-bond donors (Lipinski definition) is 2. The van der Waals surface area contributed by atoms with Crippen molar-refractivity contribution in [1.82, 2.24) is 0 Å². The summed E-state index contributed by atoms with van der Waals surface area (Å²) in [6.45, 7) is 1.81. The molecule has 0 amide bonds. The third kappa shape index (κ3) is 3.17. The van der Waals surface area contributed by atoms with E-state index in [-0.39, 0.29) is 10.7 Å². The molecule has 2 aromatic rings. The van der Waals surface area contributed by atoms with Crippen molar-refractivity contribution in [3.63, 3.8) is 0 Å². The topological polar surface area (TPSA) is 38.0 Å². The molecule has 0 radical (unpaired) electrons. The van der Waals surface area contributed by atoms with Gasteiger partial charge in [-0.15, -0.1) is 0 Å². The zero-order valence-electron chi connectivity index (χ0n) is 10.6. The van der Waals surface area contributed by atoms with Crippen LogP contribution < -0.4 is 11.1 Å². The molecule has 20 heavy (non-hydrogen) atoms. The van der Waals surface area contributed by atoms with Gasteiger partial charge in [-0.2, -0.15) is 13.2 Å². The molecule has 0 aliphatic rings. The molecule has 2 aromatic carbocycles. The first-order valence-electron chi connectivity index (χ1n) is 5.77. The van der Waals surface area contributed by atoms with Gasteiger partial charge in [0.15, 0.2) is 0 Å². The minimum atomic E-state index is -4.40. The van der Waals surface area contributed by atoms with Gasteiger partial charge in [0.2, 0.25) is 0 Å². The first kappa shape index (κ1) is 14.5. The number of benzene rings is 2. The fourth-order valence-corrected chi connectivity index (χ4v) is 1.87. The lowest BCUT2D eigenvalue weighted by molar-refractivity contribution is -0.137. The largest absolute Gasteiger partial charge is 0.416 e. The summed E-state index contributed by atoms with van der Waals surface area (Å²) in [5.41, 5.74) is 7.21. The van der Waals surface area contributed by atoms with Crippen LogP contribution >= 0.6 is 11.6 Å². The Labute approximate surface area is 119 Å². The number of alkyl halides is 3. The number of nitrogen functional groups attached to an aromatic ring is 1. The summed E-state index contributed by atoms with van der Waals surface area (Å²) < 4.78 is 38.0. The van der Waals surface area contributed by atoms with E-state index < -0.39 is 11.7 Å². The summed E-state index contributed by atoms with van der Waals surface area (Å²) in [5.74, 6) is 0. The van der Waals surface area contributed by atoms with Crippen LogP contribution in [0.3, 0.4) is 0 Å². The summed E-state index contributed by atoms with van der Waals surface area (Å²) in [7, 11) is 0. The van der Waals surface area contributed by atoms with Crippen LogP contribution in [0.2, 0.25) is 5.02 Å². The maximum Gasteiger partial charge on any atom is 0.416 e. The van der Waals surface area contributed by atoms with Crippen LogP contribution in [-0.2, 0) is 6.18 Å². The minimum absolute atomic E-state index is 0.200. The zero-order chi connectivity index (χ0) is 14.9. The lowest BCUT2D eigenvalue weighted by atomic mass is 10.1. The third-order valence-corrected chi connectivity index (χ3v) is 3.17. The van der Waals surface area contributed by atoms with Crippen molar-refractivity contribution in [2.45, 2.75) is 13.1 Å². The molecule has 6 heteroatoms. The lowest BCUT2D eigenvalue weighted by Crippen LogP contribution is -2.05. The second kappa shape index (κ2) is 5.25. The Bertz CT molecular complexity index is 639. The van der Waals surface area contributed by atoms with E-state index in [1.54, 1.807) is 18.2 Å². The second-order valence-corrected chi connectivity index (χ2v) is 4.80. The summed E-state index contributed by atoms with van der Waals surface area (Å²) in [6, 6.07) is 8.25. The molecule has 2 rings (SSSR count). The molecular formula is C14H12ClF3N2. The van der Waals surface area contributed by atoms with Crippen LogP contribution in [-0.4, -0.2) is 0 Å². The molecule has 0 aliphatic heterocycles. The van der Waals surface area contributed by atoms with Crippen molar-refractivity contribution in [3.05, 3.63) is 52.5 Å². The first-order valence-corrected chi connectivity index (χ1v) is 6.15. The van der Waals surface area contributed by atoms with E-state index in [2.05, 4.69) is 5.32 Å².